The fraction of sp³-hybridized carbons (Fsp3) is 0.438. The molecule has 1 N–H and O–H groups in total. The molecular formula is C16H22N2O2. The Balaban J connectivity index is 1.91. The normalized spacial score (nSPS) is 17.4. The third-order valence-corrected chi connectivity index (χ3v) is 3.17. The first-order valence-corrected chi connectivity index (χ1v) is 6.97. The van der Waals surface area contributed by atoms with Gasteiger partial charge in [0.1, 0.15) is 18.1 Å². The molecule has 1 saturated heterocycles. The summed E-state index contributed by atoms with van der Waals surface area (Å²) in [5.74, 6) is 1.18. The highest BCUT2D eigenvalue weighted by Crippen LogP contribution is 2.16. The summed E-state index contributed by atoms with van der Waals surface area (Å²) >= 11 is 0. The van der Waals surface area contributed by atoms with E-state index in [9.17, 15) is 4.79 Å². The number of allylic oxidation sites excluding steroid dienone is 1. The fourth-order valence-electron chi connectivity index (χ4n) is 2.04. The minimum Gasteiger partial charge on any atom is -0.492 e. The van der Waals surface area contributed by atoms with Gasteiger partial charge in [-0.3, -0.25) is 4.79 Å². The largest absolute Gasteiger partial charge is 0.492 e. The third-order valence-electron chi connectivity index (χ3n) is 3.17. The number of rotatable bonds is 5. The molecule has 0 spiro atoms. The van der Waals surface area contributed by atoms with Crippen LogP contribution in [-0.4, -0.2) is 44.5 Å². The zero-order chi connectivity index (χ0) is 14.4. The topological polar surface area (TPSA) is 41.6 Å². The van der Waals surface area contributed by atoms with Gasteiger partial charge in [0, 0.05) is 31.6 Å². The van der Waals surface area contributed by atoms with Crippen molar-refractivity contribution in [3.63, 3.8) is 0 Å². The van der Waals surface area contributed by atoms with Gasteiger partial charge < -0.3 is 15.0 Å². The van der Waals surface area contributed by atoms with Crippen molar-refractivity contribution in [1.82, 2.24) is 10.2 Å². The van der Waals surface area contributed by atoms with Crippen LogP contribution in [0.15, 0.2) is 30.0 Å². The van der Waals surface area contributed by atoms with E-state index in [-0.39, 0.29) is 0 Å². The first-order valence-electron chi connectivity index (χ1n) is 6.97. The number of ketones is 1. The lowest BCUT2D eigenvalue weighted by molar-refractivity contribution is -0.119. The van der Waals surface area contributed by atoms with E-state index < -0.39 is 0 Å². The van der Waals surface area contributed by atoms with Crippen molar-refractivity contribution < 1.29 is 9.53 Å². The van der Waals surface area contributed by atoms with E-state index in [0.29, 0.717) is 25.2 Å². The molecule has 2 rings (SSSR count). The van der Waals surface area contributed by atoms with Crippen LogP contribution in [0.5, 0.6) is 5.75 Å². The average Bonchev–Trinajstić information content (AvgIpc) is 2.40. The average molecular weight is 274 g/mol. The zero-order valence-electron chi connectivity index (χ0n) is 12.2. The smallest absolute Gasteiger partial charge is 0.140 e. The second-order valence-corrected chi connectivity index (χ2v) is 5.28. The second kappa shape index (κ2) is 7.10. The standard InChI is InChI=1S/C16H22N2O2/c1-18(2)9-10-20-16-5-3-13(4-6-16)11-14-12-15(19)7-8-17-14/h3-6,11,17H,7-10,12H2,1-2H3. The van der Waals surface area contributed by atoms with Crippen LogP contribution in [0, 0.1) is 0 Å². The quantitative estimate of drug-likeness (QED) is 0.890. The van der Waals surface area contributed by atoms with E-state index >= 15 is 0 Å². The number of piperidine rings is 1. The summed E-state index contributed by atoms with van der Waals surface area (Å²) in [6, 6.07) is 7.96. The molecule has 0 amide bonds. The van der Waals surface area contributed by atoms with Crippen molar-refractivity contribution in [1.29, 1.82) is 0 Å². The Morgan fingerprint density at radius 1 is 1.30 bits per heavy atom. The summed E-state index contributed by atoms with van der Waals surface area (Å²) in [6.07, 6.45) is 3.18. The summed E-state index contributed by atoms with van der Waals surface area (Å²) < 4.78 is 5.65. The Morgan fingerprint density at radius 2 is 2.05 bits per heavy atom. The van der Waals surface area contributed by atoms with Gasteiger partial charge in [0.2, 0.25) is 0 Å². The van der Waals surface area contributed by atoms with Crippen LogP contribution in [0.25, 0.3) is 6.08 Å². The molecule has 4 heteroatoms. The third kappa shape index (κ3) is 4.70. The van der Waals surface area contributed by atoms with Gasteiger partial charge in [-0.05, 0) is 37.9 Å². The number of ether oxygens (including phenoxy) is 1. The van der Waals surface area contributed by atoms with Crippen molar-refractivity contribution in [3.05, 3.63) is 35.5 Å². The highest BCUT2D eigenvalue weighted by molar-refractivity contribution is 5.83. The van der Waals surface area contributed by atoms with Crippen LogP contribution in [0.4, 0.5) is 0 Å². The predicted molar refractivity (Wildman–Crippen MR) is 80.7 cm³/mol. The number of nitrogens with zero attached hydrogens (tertiary/aromatic N) is 1. The molecule has 0 aliphatic carbocycles. The number of carbonyl (C=O) groups is 1. The first-order chi connectivity index (χ1) is 9.63. The van der Waals surface area contributed by atoms with E-state index in [1.165, 1.54) is 0 Å². The highest BCUT2D eigenvalue weighted by atomic mass is 16.5. The Kier molecular flexibility index (Phi) is 5.18. The molecule has 1 aromatic rings. The van der Waals surface area contributed by atoms with Gasteiger partial charge in [0.05, 0.1) is 0 Å². The summed E-state index contributed by atoms with van der Waals surface area (Å²) in [4.78, 5) is 13.5. The number of likely N-dealkylation sites (N-methyl/N-ethyl adjacent to an activating group) is 1. The molecule has 0 unspecified atom stereocenters. The molecule has 108 valence electrons. The van der Waals surface area contributed by atoms with Crippen LogP contribution in [0.3, 0.4) is 0 Å². The molecule has 1 aliphatic rings. The highest BCUT2D eigenvalue weighted by Gasteiger charge is 2.11. The van der Waals surface area contributed by atoms with Crippen molar-refractivity contribution in [2.24, 2.45) is 0 Å². The van der Waals surface area contributed by atoms with E-state index in [1.54, 1.807) is 0 Å². The molecule has 1 fully saturated rings. The van der Waals surface area contributed by atoms with E-state index in [2.05, 4.69) is 10.2 Å². The molecule has 0 saturated carbocycles. The maximum absolute atomic E-state index is 11.4. The van der Waals surface area contributed by atoms with Crippen molar-refractivity contribution in [2.45, 2.75) is 12.8 Å². The number of hydrogen-bond donors (Lipinski definition) is 1. The monoisotopic (exact) mass is 274 g/mol. The molecule has 0 radical (unpaired) electrons. The maximum Gasteiger partial charge on any atom is 0.140 e. The van der Waals surface area contributed by atoms with Gasteiger partial charge in [0.25, 0.3) is 0 Å². The van der Waals surface area contributed by atoms with Gasteiger partial charge in [-0.15, -0.1) is 0 Å². The van der Waals surface area contributed by atoms with Crippen LogP contribution in [-0.2, 0) is 4.79 Å². The Bertz CT molecular complexity index is 478. The second-order valence-electron chi connectivity index (χ2n) is 5.28. The first kappa shape index (κ1) is 14.6. The lowest BCUT2D eigenvalue weighted by Crippen LogP contribution is -2.25. The Hall–Kier alpha value is -1.81. The van der Waals surface area contributed by atoms with Crippen LogP contribution in [0.2, 0.25) is 0 Å². The number of carbonyl (C=O) groups excluding carboxylic acids is 1. The summed E-state index contributed by atoms with van der Waals surface area (Å²) in [7, 11) is 4.05. The minimum atomic E-state index is 0.304. The zero-order valence-corrected chi connectivity index (χ0v) is 12.2. The maximum atomic E-state index is 11.4. The molecule has 20 heavy (non-hydrogen) atoms. The Labute approximate surface area is 120 Å². The lowest BCUT2D eigenvalue weighted by atomic mass is 10.1. The van der Waals surface area contributed by atoms with Crippen LogP contribution >= 0.6 is 0 Å². The van der Waals surface area contributed by atoms with Crippen molar-refractivity contribution in [2.75, 3.05) is 33.8 Å². The number of benzene rings is 1. The van der Waals surface area contributed by atoms with Crippen LogP contribution < -0.4 is 10.1 Å². The minimum absolute atomic E-state index is 0.304. The SMILES string of the molecule is CN(C)CCOc1ccc(C=C2CC(=O)CCN2)cc1. The van der Waals surface area contributed by atoms with Gasteiger partial charge in [0.15, 0.2) is 0 Å². The van der Waals surface area contributed by atoms with E-state index in [4.69, 9.17) is 4.74 Å². The van der Waals surface area contributed by atoms with Gasteiger partial charge in [-0.2, -0.15) is 0 Å². The molecule has 1 aromatic carbocycles. The van der Waals surface area contributed by atoms with E-state index in [1.807, 2.05) is 44.4 Å². The Morgan fingerprint density at radius 3 is 2.70 bits per heavy atom. The summed E-state index contributed by atoms with van der Waals surface area (Å²) in [5, 5.41) is 3.26. The van der Waals surface area contributed by atoms with E-state index in [0.717, 1.165) is 30.1 Å². The molecule has 1 heterocycles. The molecule has 0 aromatic heterocycles. The van der Waals surface area contributed by atoms with Crippen molar-refractivity contribution in [3.8, 4) is 5.75 Å². The van der Waals surface area contributed by atoms with Crippen LogP contribution in [0.1, 0.15) is 18.4 Å². The fourth-order valence-corrected chi connectivity index (χ4v) is 2.04. The molecule has 0 atom stereocenters. The van der Waals surface area contributed by atoms with Gasteiger partial charge in [-0.25, -0.2) is 0 Å². The van der Waals surface area contributed by atoms with Crippen molar-refractivity contribution >= 4 is 11.9 Å². The van der Waals surface area contributed by atoms with Gasteiger partial charge >= 0.3 is 0 Å². The molecule has 4 nitrogen and oxygen atoms in total. The molecule has 1 aliphatic heterocycles. The summed E-state index contributed by atoms with van der Waals surface area (Å²) in [5.41, 5.74) is 2.09. The number of nitrogens with one attached hydrogen (secondary N) is 1. The summed E-state index contributed by atoms with van der Waals surface area (Å²) in [6.45, 7) is 2.33. The molecule has 0 bridgehead atoms. The number of Topliss-reactive ketones (excluding diaryl/α,β-unsaturated/α-hetero) is 1. The lowest BCUT2D eigenvalue weighted by Gasteiger charge is -2.16. The number of hydrogen-bond acceptors (Lipinski definition) is 4. The molecular weight excluding hydrogens is 252 g/mol. The van der Waals surface area contributed by atoms with Gasteiger partial charge in [-0.1, -0.05) is 12.1 Å². The predicted octanol–water partition coefficient (Wildman–Crippen LogP) is 1.92.